The zero-order valence-electron chi connectivity index (χ0n) is 11.5. The number of nitrogens with two attached hydrogens (primary N) is 1. The summed E-state index contributed by atoms with van der Waals surface area (Å²) in [5, 5.41) is 9.75. The van der Waals surface area contributed by atoms with Gasteiger partial charge in [-0.25, -0.2) is 5.43 Å². The Kier molecular flexibility index (Phi) is 4.34. The van der Waals surface area contributed by atoms with Gasteiger partial charge in [-0.1, -0.05) is 0 Å². The third-order valence-electron chi connectivity index (χ3n) is 2.52. The highest BCUT2D eigenvalue weighted by Crippen LogP contribution is 2.22. The second-order valence-corrected chi connectivity index (χ2v) is 3.85. The minimum Gasteiger partial charge on any atom is -0.497 e. The van der Waals surface area contributed by atoms with Crippen LogP contribution < -0.4 is 20.6 Å². The molecule has 110 valence electrons. The minimum absolute atomic E-state index is 0.0152. The van der Waals surface area contributed by atoms with Gasteiger partial charge >= 0.3 is 5.91 Å². The van der Waals surface area contributed by atoms with Crippen LogP contribution in [-0.2, 0) is 0 Å². The van der Waals surface area contributed by atoms with Gasteiger partial charge in [0, 0.05) is 5.56 Å². The van der Waals surface area contributed by atoms with Gasteiger partial charge in [0.1, 0.15) is 11.5 Å². The van der Waals surface area contributed by atoms with Crippen LogP contribution in [0.4, 0.5) is 5.95 Å². The molecule has 0 unspecified atom stereocenters. The van der Waals surface area contributed by atoms with Crippen LogP contribution >= 0.6 is 0 Å². The molecule has 0 spiro atoms. The first-order valence-electron chi connectivity index (χ1n) is 5.87. The monoisotopic (exact) mass is 290 g/mol. The van der Waals surface area contributed by atoms with Gasteiger partial charge in [-0.3, -0.25) is 9.89 Å². The molecule has 1 aromatic carbocycles. The maximum absolute atomic E-state index is 11.7. The number of nitrogens with one attached hydrogen (secondary N) is 2. The molecule has 9 nitrogen and oxygen atoms in total. The van der Waals surface area contributed by atoms with Crippen LogP contribution in [0.3, 0.4) is 0 Å². The average molecular weight is 290 g/mol. The first-order chi connectivity index (χ1) is 10.1. The summed E-state index contributed by atoms with van der Waals surface area (Å²) < 4.78 is 10.3. The van der Waals surface area contributed by atoms with Gasteiger partial charge < -0.3 is 15.2 Å². The summed E-state index contributed by atoms with van der Waals surface area (Å²) in [5.74, 6) is 0.641. The second kappa shape index (κ2) is 6.37. The van der Waals surface area contributed by atoms with Gasteiger partial charge in [0.05, 0.1) is 20.4 Å². The summed E-state index contributed by atoms with van der Waals surface area (Å²) in [5.41, 5.74) is 8.25. The van der Waals surface area contributed by atoms with Gasteiger partial charge in [0.2, 0.25) is 11.8 Å². The lowest BCUT2D eigenvalue weighted by Crippen LogP contribution is -2.19. The molecule has 2 rings (SSSR count). The number of ether oxygens (including phenoxy) is 2. The van der Waals surface area contributed by atoms with Crippen molar-refractivity contribution in [2.45, 2.75) is 0 Å². The average Bonchev–Trinajstić information content (AvgIpc) is 2.93. The van der Waals surface area contributed by atoms with E-state index in [1.165, 1.54) is 13.3 Å². The lowest BCUT2D eigenvalue weighted by atomic mass is 10.2. The molecular weight excluding hydrogens is 276 g/mol. The smallest absolute Gasteiger partial charge is 0.308 e. The summed E-state index contributed by atoms with van der Waals surface area (Å²) in [6, 6.07) is 5.21. The summed E-state index contributed by atoms with van der Waals surface area (Å²) in [7, 11) is 3.09. The van der Waals surface area contributed by atoms with E-state index >= 15 is 0 Å². The van der Waals surface area contributed by atoms with E-state index in [1.54, 1.807) is 25.3 Å². The summed E-state index contributed by atoms with van der Waals surface area (Å²) in [6.07, 6.45) is 1.43. The highest BCUT2D eigenvalue weighted by Gasteiger charge is 2.09. The van der Waals surface area contributed by atoms with Crippen molar-refractivity contribution in [3.63, 3.8) is 0 Å². The molecule has 0 aliphatic carbocycles. The molecular formula is C12H14N6O3. The van der Waals surface area contributed by atoms with E-state index in [2.05, 4.69) is 25.7 Å². The molecule has 0 saturated carbocycles. The van der Waals surface area contributed by atoms with Crippen molar-refractivity contribution in [1.82, 2.24) is 20.6 Å². The third kappa shape index (κ3) is 3.47. The van der Waals surface area contributed by atoms with Gasteiger partial charge in [-0.15, -0.1) is 5.10 Å². The topological polar surface area (TPSA) is 128 Å². The Hall–Kier alpha value is -3.10. The Balaban J connectivity index is 2.08. The number of anilines is 1. The minimum atomic E-state index is -0.558. The standard InChI is InChI=1S/C12H14N6O3/c1-20-8-3-4-9(21-2)7(5-8)6-14-17-11(19)10-15-12(13)18-16-10/h3-6H,1-2H3,(H,17,19)(H3,13,15,16,18)/b14-6-. The SMILES string of the molecule is COc1ccc(OC)c(/C=N\NC(=O)c2nc(N)n[nH]2)c1. The number of aromatic amines is 1. The van der Waals surface area contributed by atoms with Crippen LogP contribution in [0.15, 0.2) is 23.3 Å². The van der Waals surface area contributed by atoms with Crippen LogP contribution in [-0.4, -0.2) is 41.5 Å². The number of nitrogen functional groups attached to an aromatic ring is 1. The Morgan fingerprint density at radius 2 is 2.24 bits per heavy atom. The Bertz CT molecular complexity index is 667. The molecule has 0 radical (unpaired) electrons. The molecule has 1 heterocycles. The molecule has 0 aliphatic rings. The van der Waals surface area contributed by atoms with Gasteiger partial charge in [0.15, 0.2) is 0 Å². The van der Waals surface area contributed by atoms with E-state index < -0.39 is 5.91 Å². The Morgan fingerprint density at radius 3 is 2.86 bits per heavy atom. The van der Waals surface area contributed by atoms with Crippen LogP contribution in [0.5, 0.6) is 11.5 Å². The first-order valence-corrected chi connectivity index (χ1v) is 5.87. The summed E-state index contributed by atoms with van der Waals surface area (Å²) >= 11 is 0. The lowest BCUT2D eigenvalue weighted by molar-refractivity contribution is 0.0945. The number of hydrogen-bond acceptors (Lipinski definition) is 7. The van der Waals surface area contributed by atoms with Gasteiger partial charge in [-0.2, -0.15) is 10.1 Å². The van der Waals surface area contributed by atoms with E-state index in [4.69, 9.17) is 15.2 Å². The highest BCUT2D eigenvalue weighted by molar-refractivity contribution is 5.92. The number of hydrogen-bond donors (Lipinski definition) is 3. The molecule has 1 amide bonds. The van der Waals surface area contributed by atoms with Crippen molar-refractivity contribution in [3.05, 3.63) is 29.6 Å². The number of hydrazone groups is 1. The number of carbonyl (C=O) groups excluding carboxylic acids is 1. The quantitative estimate of drug-likeness (QED) is 0.532. The molecule has 4 N–H and O–H groups in total. The molecule has 0 aliphatic heterocycles. The number of nitrogens with zero attached hydrogens (tertiary/aromatic N) is 3. The molecule has 0 atom stereocenters. The van der Waals surface area contributed by atoms with Crippen LogP contribution in [0.1, 0.15) is 16.2 Å². The Labute approximate surface area is 120 Å². The maximum atomic E-state index is 11.7. The number of rotatable bonds is 5. The van der Waals surface area contributed by atoms with Crippen LogP contribution in [0, 0.1) is 0 Å². The largest absolute Gasteiger partial charge is 0.497 e. The maximum Gasteiger partial charge on any atom is 0.308 e. The van der Waals surface area contributed by atoms with E-state index in [0.29, 0.717) is 17.1 Å². The first kappa shape index (κ1) is 14.3. The molecule has 0 bridgehead atoms. The predicted octanol–water partition coefficient (Wildman–Crippen LogP) is 0.168. The van der Waals surface area contributed by atoms with E-state index in [1.807, 2.05) is 0 Å². The molecule has 1 aromatic heterocycles. The number of H-pyrrole nitrogens is 1. The third-order valence-corrected chi connectivity index (χ3v) is 2.52. The van der Waals surface area contributed by atoms with Crippen molar-refractivity contribution < 1.29 is 14.3 Å². The van der Waals surface area contributed by atoms with Gasteiger partial charge in [0.25, 0.3) is 0 Å². The fourth-order valence-electron chi connectivity index (χ4n) is 1.53. The number of carbonyl (C=O) groups is 1. The fraction of sp³-hybridized carbons (Fsp3) is 0.167. The lowest BCUT2D eigenvalue weighted by Gasteiger charge is -2.06. The number of methoxy groups -OCH3 is 2. The molecule has 0 fully saturated rings. The zero-order chi connectivity index (χ0) is 15.2. The summed E-state index contributed by atoms with van der Waals surface area (Å²) in [6.45, 7) is 0. The predicted molar refractivity (Wildman–Crippen MR) is 75.4 cm³/mol. The highest BCUT2D eigenvalue weighted by atomic mass is 16.5. The van der Waals surface area contributed by atoms with E-state index in [0.717, 1.165) is 0 Å². The molecule has 21 heavy (non-hydrogen) atoms. The fourth-order valence-corrected chi connectivity index (χ4v) is 1.53. The number of benzene rings is 1. The zero-order valence-corrected chi connectivity index (χ0v) is 11.5. The van der Waals surface area contributed by atoms with Crippen molar-refractivity contribution >= 4 is 18.1 Å². The van der Waals surface area contributed by atoms with Crippen molar-refractivity contribution in [2.24, 2.45) is 5.10 Å². The van der Waals surface area contributed by atoms with E-state index in [9.17, 15) is 4.79 Å². The van der Waals surface area contributed by atoms with Crippen LogP contribution in [0.2, 0.25) is 0 Å². The van der Waals surface area contributed by atoms with Crippen molar-refractivity contribution in [1.29, 1.82) is 0 Å². The second-order valence-electron chi connectivity index (χ2n) is 3.85. The number of amides is 1. The molecule has 9 heteroatoms. The van der Waals surface area contributed by atoms with Gasteiger partial charge in [-0.05, 0) is 18.2 Å². The molecule has 0 saturated heterocycles. The normalized spacial score (nSPS) is 10.6. The number of aromatic nitrogens is 3. The van der Waals surface area contributed by atoms with Crippen molar-refractivity contribution in [2.75, 3.05) is 20.0 Å². The van der Waals surface area contributed by atoms with Crippen molar-refractivity contribution in [3.8, 4) is 11.5 Å². The summed E-state index contributed by atoms with van der Waals surface area (Å²) in [4.78, 5) is 15.3. The van der Waals surface area contributed by atoms with Crippen LogP contribution in [0.25, 0.3) is 0 Å². The Morgan fingerprint density at radius 1 is 1.43 bits per heavy atom. The van der Waals surface area contributed by atoms with E-state index in [-0.39, 0.29) is 11.8 Å². The molecule has 2 aromatic rings.